The predicted molar refractivity (Wildman–Crippen MR) is 72.7 cm³/mol. The Kier molecular flexibility index (Phi) is 2.78. The fraction of sp³-hybridized carbons (Fsp3) is 0.267. The van der Waals surface area contributed by atoms with Crippen LogP contribution in [-0.2, 0) is 13.0 Å². The highest BCUT2D eigenvalue weighted by atomic mass is 16.3. The van der Waals surface area contributed by atoms with Crippen molar-refractivity contribution in [3.8, 4) is 0 Å². The Labute approximate surface area is 111 Å². The number of furan rings is 1. The number of anilines is 1. The molecule has 19 heavy (non-hydrogen) atoms. The lowest BCUT2D eigenvalue weighted by atomic mass is 9.98. The van der Waals surface area contributed by atoms with Crippen LogP contribution in [0.2, 0.25) is 0 Å². The van der Waals surface area contributed by atoms with E-state index in [4.69, 9.17) is 10.2 Å². The maximum absolute atomic E-state index is 12.4. The van der Waals surface area contributed by atoms with Crippen LogP contribution in [0.5, 0.6) is 0 Å². The summed E-state index contributed by atoms with van der Waals surface area (Å²) in [5, 5.41) is 0. The summed E-state index contributed by atoms with van der Waals surface area (Å²) in [6.45, 7) is 3.13. The van der Waals surface area contributed by atoms with Crippen LogP contribution in [0.3, 0.4) is 0 Å². The number of aryl methyl sites for hydroxylation is 1. The van der Waals surface area contributed by atoms with Crippen molar-refractivity contribution in [3.63, 3.8) is 0 Å². The van der Waals surface area contributed by atoms with Gasteiger partial charge in [0, 0.05) is 18.8 Å². The monoisotopic (exact) mass is 256 g/mol. The zero-order chi connectivity index (χ0) is 13.4. The van der Waals surface area contributed by atoms with E-state index in [0.717, 1.165) is 30.0 Å². The predicted octanol–water partition coefficient (Wildman–Crippen LogP) is 2.37. The number of nitrogens with two attached hydrogens (primary N) is 1. The van der Waals surface area contributed by atoms with Crippen molar-refractivity contribution < 1.29 is 9.21 Å². The smallest absolute Gasteiger partial charge is 0.257 e. The molecule has 2 aromatic rings. The van der Waals surface area contributed by atoms with Crippen molar-refractivity contribution >= 4 is 11.6 Å². The van der Waals surface area contributed by atoms with Gasteiger partial charge in [0.1, 0.15) is 12.0 Å². The van der Waals surface area contributed by atoms with Crippen LogP contribution in [0.1, 0.15) is 27.2 Å². The second-order valence-electron chi connectivity index (χ2n) is 4.91. The van der Waals surface area contributed by atoms with Gasteiger partial charge >= 0.3 is 0 Å². The molecule has 2 N–H and O–H groups in total. The van der Waals surface area contributed by atoms with Crippen molar-refractivity contribution in [2.45, 2.75) is 19.9 Å². The van der Waals surface area contributed by atoms with E-state index < -0.39 is 0 Å². The number of nitrogen functional groups attached to an aromatic ring is 1. The average Bonchev–Trinajstić information content (AvgIpc) is 2.85. The van der Waals surface area contributed by atoms with Gasteiger partial charge in [-0.05, 0) is 36.6 Å². The molecule has 3 rings (SSSR count). The highest BCUT2D eigenvalue weighted by molar-refractivity contribution is 5.94. The Balaban J connectivity index is 1.86. The van der Waals surface area contributed by atoms with Crippen molar-refractivity contribution in [3.05, 3.63) is 53.0 Å². The Morgan fingerprint density at radius 1 is 1.42 bits per heavy atom. The van der Waals surface area contributed by atoms with Crippen LogP contribution in [-0.4, -0.2) is 17.4 Å². The van der Waals surface area contributed by atoms with Gasteiger partial charge in [-0.2, -0.15) is 0 Å². The number of carbonyl (C=O) groups is 1. The van der Waals surface area contributed by atoms with Gasteiger partial charge in [0.25, 0.3) is 5.91 Å². The number of hydrogen-bond acceptors (Lipinski definition) is 3. The summed E-state index contributed by atoms with van der Waals surface area (Å²) < 4.78 is 5.20. The zero-order valence-electron chi connectivity index (χ0n) is 10.8. The highest BCUT2D eigenvalue weighted by Gasteiger charge is 2.23. The van der Waals surface area contributed by atoms with Crippen molar-refractivity contribution in [1.29, 1.82) is 0 Å². The minimum absolute atomic E-state index is 0.00533. The second-order valence-corrected chi connectivity index (χ2v) is 4.91. The van der Waals surface area contributed by atoms with Gasteiger partial charge < -0.3 is 15.1 Å². The number of rotatable bonds is 1. The Morgan fingerprint density at radius 3 is 3.00 bits per heavy atom. The lowest BCUT2D eigenvalue weighted by molar-refractivity contribution is 0.0734. The van der Waals surface area contributed by atoms with Gasteiger partial charge in [0.05, 0.1) is 5.56 Å². The molecule has 0 saturated heterocycles. The molecule has 0 aliphatic carbocycles. The lowest BCUT2D eigenvalue weighted by Gasteiger charge is -2.29. The molecular weight excluding hydrogens is 240 g/mol. The van der Waals surface area contributed by atoms with E-state index >= 15 is 0 Å². The first-order valence-electron chi connectivity index (χ1n) is 6.36. The van der Waals surface area contributed by atoms with Crippen molar-refractivity contribution in [2.75, 3.05) is 12.3 Å². The van der Waals surface area contributed by atoms with Crippen LogP contribution in [0, 0.1) is 6.92 Å². The third-order valence-corrected chi connectivity index (χ3v) is 3.57. The van der Waals surface area contributed by atoms with Crippen molar-refractivity contribution in [1.82, 2.24) is 4.90 Å². The molecule has 4 nitrogen and oxygen atoms in total. The molecule has 1 aliphatic rings. The third-order valence-electron chi connectivity index (χ3n) is 3.57. The zero-order valence-corrected chi connectivity index (χ0v) is 10.8. The highest BCUT2D eigenvalue weighted by Crippen LogP contribution is 2.25. The average molecular weight is 256 g/mol. The third kappa shape index (κ3) is 2.10. The molecule has 1 aromatic carbocycles. The fourth-order valence-electron chi connectivity index (χ4n) is 2.52. The van der Waals surface area contributed by atoms with Crippen LogP contribution >= 0.6 is 0 Å². The molecule has 1 aliphatic heterocycles. The number of hydrogen-bond donors (Lipinski definition) is 1. The standard InChI is InChI=1S/C15H16N2O2/c1-10-7-12(9-19-10)15(18)17-6-5-11-3-2-4-14(16)13(11)8-17/h2-4,7,9H,5-6,8,16H2,1H3. The molecule has 2 heterocycles. The Bertz CT molecular complexity index is 631. The summed E-state index contributed by atoms with van der Waals surface area (Å²) in [6.07, 6.45) is 2.37. The van der Waals surface area contributed by atoms with Crippen LogP contribution < -0.4 is 5.73 Å². The first kappa shape index (κ1) is 11.8. The molecule has 4 heteroatoms. The van der Waals surface area contributed by atoms with E-state index in [0.29, 0.717) is 12.1 Å². The van der Waals surface area contributed by atoms with E-state index in [2.05, 4.69) is 6.07 Å². The molecule has 1 aromatic heterocycles. The SMILES string of the molecule is Cc1cc(C(=O)N2CCc3cccc(N)c3C2)co1. The largest absolute Gasteiger partial charge is 0.469 e. The number of amides is 1. The maximum Gasteiger partial charge on any atom is 0.257 e. The first-order chi connectivity index (χ1) is 9.15. The molecule has 0 spiro atoms. The summed E-state index contributed by atoms with van der Waals surface area (Å²) in [7, 11) is 0. The van der Waals surface area contributed by atoms with Crippen LogP contribution in [0.4, 0.5) is 5.69 Å². The topological polar surface area (TPSA) is 59.5 Å². The van der Waals surface area contributed by atoms with Gasteiger partial charge in [-0.25, -0.2) is 0 Å². The quantitative estimate of drug-likeness (QED) is 0.797. The summed E-state index contributed by atoms with van der Waals surface area (Å²) in [4.78, 5) is 14.2. The maximum atomic E-state index is 12.4. The number of benzene rings is 1. The Hall–Kier alpha value is -2.23. The van der Waals surface area contributed by atoms with Crippen molar-refractivity contribution in [2.24, 2.45) is 0 Å². The fourth-order valence-corrected chi connectivity index (χ4v) is 2.52. The molecule has 98 valence electrons. The molecule has 1 amide bonds. The molecular formula is C15H16N2O2. The molecule has 0 unspecified atom stereocenters. The van der Waals surface area contributed by atoms with Gasteiger partial charge in [-0.1, -0.05) is 12.1 Å². The molecule has 0 bridgehead atoms. The molecule has 0 fully saturated rings. The second kappa shape index (κ2) is 4.46. The normalized spacial score (nSPS) is 14.3. The minimum atomic E-state index is 0.00533. The summed E-state index contributed by atoms with van der Waals surface area (Å²) in [5.41, 5.74) is 9.67. The van der Waals surface area contributed by atoms with E-state index in [1.807, 2.05) is 24.0 Å². The van der Waals surface area contributed by atoms with Gasteiger partial charge in [0.15, 0.2) is 0 Å². The number of carbonyl (C=O) groups excluding carboxylic acids is 1. The molecule has 0 atom stereocenters. The number of fused-ring (bicyclic) bond motifs is 1. The van der Waals surface area contributed by atoms with Crippen LogP contribution in [0.15, 0.2) is 34.9 Å². The lowest BCUT2D eigenvalue weighted by Crippen LogP contribution is -2.36. The number of nitrogens with zero attached hydrogens (tertiary/aromatic N) is 1. The van der Waals surface area contributed by atoms with Crippen LogP contribution in [0.25, 0.3) is 0 Å². The minimum Gasteiger partial charge on any atom is -0.469 e. The summed E-state index contributed by atoms with van der Waals surface area (Å²) in [6, 6.07) is 7.70. The Morgan fingerprint density at radius 2 is 2.26 bits per heavy atom. The van der Waals surface area contributed by atoms with Gasteiger partial charge in [-0.3, -0.25) is 4.79 Å². The van der Waals surface area contributed by atoms with E-state index in [1.54, 1.807) is 6.07 Å². The van der Waals surface area contributed by atoms with Gasteiger partial charge in [0.2, 0.25) is 0 Å². The molecule has 0 saturated carbocycles. The summed E-state index contributed by atoms with van der Waals surface area (Å²) >= 11 is 0. The van der Waals surface area contributed by atoms with E-state index in [-0.39, 0.29) is 5.91 Å². The van der Waals surface area contributed by atoms with E-state index in [1.165, 1.54) is 11.8 Å². The summed E-state index contributed by atoms with van der Waals surface area (Å²) in [5.74, 6) is 0.756. The van der Waals surface area contributed by atoms with Gasteiger partial charge in [-0.15, -0.1) is 0 Å². The first-order valence-corrected chi connectivity index (χ1v) is 6.36. The van der Waals surface area contributed by atoms with E-state index in [9.17, 15) is 4.79 Å². The molecule has 0 radical (unpaired) electrons.